The zero-order valence-corrected chi connectivity index (χ0v) is 15.6. The lowest BCUT2D eigenvalue weighted by molar-refractivity contribution is -0.142. The first kappa shape index (κ1) is 19.1. The molecule has 1 aromatic rings. The summed E-state index contributed by atoms with van der Waals surface area (Å²) in [7, 11) is 3.10. The SMILES string of the molecule is CCCN(CCC)C(=O)C1(C(=O)Nc2ccc(OC)cc2OC)CC1. The molecule has 0 aromatic heterocycles. The van der Waals surface area contributed by atoms with E-state index >= 15 is 0 Å². The van der Waals surface area contributed by atoms with Crippen LogP contribution in [0.1, 0.15) is 39.5 Å². The first-order chi connectivity index (χ1) is 12.0. The Morgan fingerprint density at radius 2 is 1.76 bits per heavy atom. The minimum absolute atomic E-state index is 0.0545. The van der Waals surface area contributed by atoms with Crippen molar-refractivity contribution in [2.75, 3.05) is 32.6 Å². The van der Waals surface area contributed by atoms with E-state index in [2.05, 4.69) is 5.32 Å². The molecule has 2 amide bonds. The molecule has 0 spiro atoms. The van der Waals surface area contributed by atoms with Gasteiger partial charge >= 0.3 is 0 Å². The number of amides is 2. The van der Waals surface area contributed by atoms with Crippen LogP contribution in [0.5, 0.6) is 11.5 Å². The summed E-state index contributed by atoms with van der Waals surface area (Å²) in [6.45, 7) is 5.46. The van der Waals surface area contributed by atoms with Crippen LogP contribution in [0.25, 0.3) is 0 Å². The molecule has 1 saturated carbocycles. The van der Waals surface area contributed by atoms with E-state index < -0.39 is 5.41 Å². The summed E-state index contributed by atoms with van der Waals surface area (Å²) in [6.07, 6.45) is 2.96. The molecular weight excluding hydrogens is 320 g/mol. The Kier molecular flexibility index (Phi) is 6.28. The van der Waals surface area contributed by atoms with Gasteiger partial charge in [-0.3, -0.25) is 9.59 Å². The third kappa shape index (κ3) is 4.06. The normalized spacial score (nSPS) is 14.6. The molecule has 0 heterocycles. The highest BCUT2D eigenvalue weighted by Gasteiger charge is 2.57. The lowest BCUT2D eigenvalue weighted by Crippen LogP contribution is -2.43. The molecule has 0 unspecified atom stereocenters. The lowest BCUT2D eigenvalue weighted by Gasteiger charge is -2.26. The van der Waals surface area contributed by atoms with Crippen LogP contribution in [0.3, 0.4) is 0 Å². The van der Waals surface area contributed by atoms with Crippen molar-refractivity contribution in [2.45, 2.75) is 39.5 Å². The van der Waals surface area contributed by atoms with E-state index in [0.29, 0.717) is 43.1 Å². The van der Waals surface area contributed by atoms with Crippen molar-refractivity contribution in [3.8, 4) is 11.5 Å². The Morgan fingerprint density at radius 3 is 2.24 bits per heavy atom. The van der Waals surface area contributed by atoms with Gasteiger partial charge < -0.3 is 19.7 Å². The molecule has 0 radical (unpaired) electrons. The molecule has 0 aliphatic heterocycles. The predicted molar refractivity (Wildman–Crippen MR) is 97.0 cm³/mol. The Hall–Kier alpha value is -2.24. The van der Waals surface area contributed by atoms with E-state index in [0.717, 1.165) is 12.8 Å². The van der Waals surface area contributed by atoms with Crippen molar-refractivity contribution in [2.24, 2.45) is 5.41 Å². The summed E-state index contributed by atoms with van der Waals surface area (Å²) in [5, 5.41) is 2.87. The first-order valence-corrected chi connectivity index (χ1v) is 8.85. The zero-order chi connectivity index (χ0) is 18.4. The third-order valence-corrected chi connectivity index (χ3v) is 4.53. The summed E-state index contributed by atoms with van der Waals surface area (Å²) in [5.41, 5.74) is -0.375. The molecule has 0 atom stereocenters. The van der Waals surface area contributed by atoms with Crippen molar-refractivity contribution in [3.63, 3.8) is 0 Å². The molecule has 1 aromatic carbocycles. The van der Waals surface area contributed by atoms with Crippen LogP contribution in [0.15, 0.2) is 18.2 Å². The van der Waals surface area contributed by atoms with Gasteiger partial charge in [0.25, 0.3) is 0 Å². The van der Waals surface area contributed by atoms with E-state index in [-0.39, 0.29) is 11.8 Å². The third-order valence-electron chi connectivity index (χ3n) is 4.53. The minimum Gasteiger partial charge on any atom is -0.497 e. The maximum atomic E-state index is 12.9. The van der Waals surface area contributed by atoms with E-state index in [1.54, 1.807) is 25.3 Å². The number of rotatable bonds is 9. The van der Waals surface area contributed by atoms with Crippen molar-refractivity contribution in [1.82, 2.24) is 4.90 Å². The Morgan fingerprint density at radius 1 is 1.12 bits per heavy atom. The Labute approximate surface area is 149 Å². The number of hydrogen-bond acceptors (Lipinski definition) is 4. The average molecular weight is 348 g/mol. The number of nitrogens with zero attached hydrogens (tertiary/aromatic N) is 1. The second kappa shape index (κ2) is 8.23. The first-order valence-electron chi connectivity index (χ1n) is 8.85. The van der Waals surface area contributed by atoms with E-state index in [1.807, 2.05) is 18.7 Å². The minimum atomic E-state index is -0.921. The fourth-order valence-electron chi connectivity index (χ4n) is 2.96. The van der Waals surface area contributed by atoms with Crippen LogP contribution < -0.4 is 14.8 Å². The number of anilines is 1. The molecule has 1 aliphatic rings. The molecule has 138 valence electrons. The number of carbonyl (C=O) groups excluding carboxylic acids is 2. The second-order valence-corrected chi connectivity index (χ2v) is 6.39. The van der Waals surface area contributed by atoms with Gasteiger partial charge in [-0.05, 0) is 37.8 Å². The van der Waals surface area contributed by atoms with Gasteiger partial charge in [0.2, 0.25) is 11.8 Å². The molecule has 0 saturated heterocycles. The van der Waals surface area contributed by atoms with E-state index in [4.69, 9.17) is 9.47 Å². The van der Waals surface area contributed by atoms with Gasteiger partial charge in [-0.25, -0.2) is 0 Å². The predicted octanol–water partition coefficient (Wildman–Crippen LogP) is 3.07. The van der Waals surface area contributed by atoms with Gasteiger partial charge in [0.1, 0.15) is 16.9 Å². The van der Waals surface area contributed by atoms with Crippen LogP contribution in [-0.2, 0) is 9.59 Å². The highest BCUT2D eigenvalue weighted by atomic mass is 16.5. The van der Waals surface area contributed by atoms with Crippen LogP contribution >= 0.6 is 0 Å². The molecule has 1 N–H and O–H groups in total. The Balaban J connectivity index is 2.15. The number of hydrogen-bond donors (Lipinski definition) is 1. The van der Waals surface area contributed by atoms with Crippen molar-refractivity contribution < 1.29 is 19.1 Å². The molecule has 0 bridgehead atoms. The van der Waals surface area contributed by atoms with Crippen LogP contribution in [-0.4, -0.2) is 44.0 Å². The Bertz CT molecular complexity index is 620. The number of ether oxygens (including phenoxy) is 2. The molecule has 1 aliphatic carbocycles. The van der Waals surface area contributed by atoms with E-state index in [9.17, 15) is 9.59 Å². The van der Waals surface area contributed by atoms with E-state index in [1.165, 1.54) is 7.11 Å². The van der Waals surface area contributed by atoms with Gasteiger partial charge in [0, 0.05) is 19.2 Å². The van der Waals surface area contributed by atoms with Crippen molar-refractivity contribution >= 4 is 17.5 Å². The second-order valence-electron chi connectivity index (χ2n) is 6.39. The van der Waals surface area contributed by atoms with Gasteiger partial charge in [0.15, 0.2) is 0 Å². The fraction of sp³-hybridized carbons (Fsp3) is 0.579. The summed E-state index contributed by atoms with van der Waals surface area (Å²) in [6, 6.07) is 5.18. The average Bonchev–Trinajstić information content (AvgIpc) is 3.43. The summed E-state index contributed by atoms with van der Waals surface area (Å²) >= 11 is 0. The van der Waals surface area contributed by atoms with Gasteiger partial charge in [-0.2, -0.15) is 0 Å². The molecular formula is C19H28N2O4. The molecule has 1 fully saturated rings. The van der Waals surface area contributed by atoms with Crippen LogP contribution in [0.4, 0.5) is 5.69 Å². The smallest absolute Gasteiger partial charge is 0.240 e. The highest BCUT2D eigenvalue weighted by molar-refractivity contribution is 6.13. The number of methoxy groups -OCH3 is 2. The summed E-state index contributed by atoms with van der Waals surface area (Å²) in [5.74, 6) is 0.846. The molecule has 6 heteroatoms. The van der Waals surface area contributed by atoms with Crippen molar-refractivity contribution in [1.29, 1.82) is 0 Å². The zero-order valence-electron chi connectivity index (χ0n) is 15.6. The topological polar surface area (TPSA) is 67.9 Å². The number of carbonyl (C=O) groups is 2. The van der Waals surface area contributed by atoms with Crippen LogP contribution in [0, 0.1) is 5.41 Å². The van der Waals surface area contributed by atoms with Crippen LogP contribution in [0.2, 0.25) is 0 Å². The quantitative estimate of drug-likeness (QED) is 0.697. The molecule has 25 heavy (non-hydrogen) atoms. The van der Waals surface area contributed by atoms with Crippen molar-refractivity contribution in [3.05, 3.63) is 18.2 Å². The number of benzene rings is 1. The highest BCUT2D eigenvalue weighted by Crippen LogP contribution is 2.48. The maximum Gasteiger partial charge on any atom is 0.240 e. The summed E-state index contributed by atoms with van der Waals surface area (Å²) < 4.78 is 10.5. The monoisotopic (exact) mass is 348 g/mol. The lowest BCUT2D eigenvalue weighted by atomic mass is 10.0. The fourth-order valence-corrected chi connectivity index (χ4v) is 2.96. The van der Waals surface area contributed by atoms with Gasteiger partial charge in [-0.15, -0.1) is 0 Å². The van der Waals surface area contributed by atoms with Gasteiger partial charge in [0.05, 0.1) is 19.9 Å². The molecule has 6 nitrogen and oxygen atoms in total. The summed E-state index contributed by atoms with van der Waals surface area (Å²) in [4.78, 5) is 27.6. The molecule has 2 rings (SSSR count). The standard InChI is InChI=1S/C19H28N2O4/c1-5-11-21(12-6-2)18(23)19(9-10-19)17(22)20-15-8-7-14(24-3)13-16(15)25-4/h7-8,13H,5-6,9-12H2,1-4H3,(H,20,22). The maximum absolute atomic E-state index is 12.9. The van der Waals surface area contributed by atoms with Gasteiger partial charge in [-0.1, -0.05) is 13.8 Å². The largest absolute Gasteiger partial charge is 0.497 e. The number of nitrogens with one attached hydrogen (secondary N) is 1.